The first-order valence-electron chi connectivity index (χ1n) is 4.02. The van der Waals surface area contributed by atoms with Crippen molar-refractivity contribution in [3.63, 3.8) is 0 Å². The van der Waals surface area contributed by atoms with Crippen molar-refractivity contribution in [1.82, 2.24) is 0 Å². The van der Waals surface area contributed by atoms with E-state index in [0.717, 1.165) is 11.1 Å². The Morgan fingerprint density at radius 2 is 2.14 bits per heavy atom. The van der Waals surface area contributed by atoms with E-state index in [0.29, 0.717) is 24.1 Å². The molecule has 5 heteroatoms. The smallest absolute Gasteiger partial charge is 0.346 e. The molecule has 2 rings (SSSR count). The third kappa shape index (κ3) is 1.35. The second-order valence-electron chi connectivity index (χ2n) is 3.09. The van der Waals surface area contributed by atoms with Gasteiger partial charge in [0.05, 0.1) is 0 Å². The van der Waals surface area contributed by atoms with Gasteiger partial charge in [0.2, 0.25) is 0 Å². The second-order valence-corrected chi connectivity index (χ2v) is 3.97. The van der Waals surface area contributed by atoms with Crippen LogP contribution in [-0.2, 0) is 17.6 Å². The topological polar surface area (TPSA) is 54.4 Å². The van der Waals surface area contributed by atoms with Crippen molar-refractivity contribution in [3.8, 4) is 0 Å². The molecule has 0 aliphatic heterocycles. The van der Waals surface area contributed by atoms with Crippen LogP contribution < -0.4 is 0 Å². The fourth-order valence-corrected chi connectivity index (χ4v) is 2.55. The van der Waals surface area contributed by atoms with Gasteiger partial charge in [0.1, 0.15) is 10.7 Å². The van der Waals surface area contributed by atoms with Gasteiger partial charge in [-0.15, -0.1) is 11.3 Å². The fraction of sp³-hybridized carbons (Fsp3) is 0.333. The number of carbonyl (C=O) groups is 2. The Balaban J connectivity index is 0.000000980. The summed E-state index contributed by atoms with van der Waals surface area (Å²) in [6.07, 6.45) is 1.50. The van der Waals surface area contributed by atoms with Gasteiger partial charge in [0.25, 0.3) is 0 Å². The molecule has 0 fully saturated rings. The first kappa shape index (κ1) is 9.92. The van der Waals surface area contributed by atoms with Crippen molar-refractivity contribution in [2.45, 2.75) is 19.3 Å². The number of thiophene rings is 1. The Bertz CT molecular complexity index is 383. The van der Waals surface area contributed by atoms with E-state index in [1.54, 1.807) is 5.38 Å². The van der Waals surface area contributed by atoms with Crippen LogP contribution in [0.15, 0.2) is 5.38 Å². The van der Waals surface area contributed by atoms with Gasteiger partial charge in [-0.2, -0.15) is 0 Å². The minimum Gasteiger partial charge on any atom is -0.477 e. The zero-order valence-corrected chi connectivity index (χ0v) is 14.8. The Morgan fingerprint density at radius 3 is 2.79 bits per heavy atom. The summed E-state index contributed by atoms with van der Waals surface area (Å²) < 4.78 is 0. The van der Waals surface area contributed by atoms with Crippen LogP contribution in [0.5, 0.6) is 0 Å². The number of carboxylic acid groups (broad SMARTS) is 1. The largest absolute Gasteiger partial charge is 0.477 e. The summed E-state index contributed by atoms with van der Waals surface area (Å²) in [4.78, 5) is 22.2. The predicted octanol–water partition coefficient (Wildman–Crippen LogP) is 1.50. The molecule has 1 N–H and O–H groups in total. The van der Waals surface area contributed by atoms with Crippen LogP contribution in [0.3, 0.4) is 0 Å². The summed E-state index contributed by atoms with van der Waals surface area (Å²) in [7, 11) is 0. The Kier molecular flexibility index (Phi) is 2.34. The molecule has 0 aromatic carbocycles. The number of fused-ring (bicyclic) bond motifs is 1. The molecule has 1 aliphatic carbocycles. The molecular formula is C9H8O3RfS. The molecule has 0 bridgehead atoms. The molecule has 0 saturated heterocycles. The van der Waals surface area contributed by atoms with E-state index >= 15 is 0 Å². The summed E-state index contributed by atoms with van der Waals surface area (Å²) >= 11 is 1.22. The van der Waals surface area contributed by atoms with E-state index < -0.39 is 5.97 Å². The van der Waals surface area contributed by atoms with E-state index in [9.17, 15) is 9.59 Å². The first-order chi connectivity index (χ1) is 6.18. The van der Waals surface area contributed by atoms with Crippen molar-refractivity contribution >= 4 is 23.1 Å². The molecule has 70 valence electrons. The zero-order valence-electron chi connectivity index (χ0n) is 7.58. The average Bonchev–Trinajstić information content (AvgIpc) is 2.46. The summed E-state index contributed by atoms with van der Waals surface area (Å²) in [5.74, 6) is -0.664. The van der Waals surface area contributed by atoms with Gasteiger partial charge in [0, 0.05) is 12.8 Å². The molecule has 3 nitrogen and oxygen atoms in total. The predicted molar refractivity (Wildman–Crippen MR) is 48.3 cm³/mol. The van der Waals surface area contributed by atoms with Crippen molar-refractivity contribution in [2.24, 2.45) is 0 Å². The summed E-state index contributed by atoms with van der Waals surface area (Å²) in [5.41, 5.74) is 1.79. The maximum absolute atomic E-state index is 11.1. The monoisotopic (exact) mass is 463 g/mol. The fourth-order valence-electron chi connectivity index (χ4n) is 1.59. The molecular weight excluding hydrogens is 455 g/mol. The second kappa shape index (κ2) is 3.30. The average molecular weight is 463 g/mol. The third-order valence-electron chi connectivity index (χ3n) is 2.22. The third-order valence-corrected chi connectivity index (χ3v) is 3.28. The molecule has 1 aliphatic rings. The van der Waals surface area contributed by atoms with Gasteiger partial charge in [0.15, 0.2) is 0 Å². The van der Waals surface area contributed by atoms with E-state index in [2.05, 4.69) is 0 Å². The molecule has 0 amide bonds. The van der Waals surface area contributed by atoms with Crippen LogP contribution in [0.25, 0.3) is 0 Å². The van der Waals surface area contributed by atoms with Gasteiger partial charge < -0.3 is 5.11 Å². The van der Waals surface area contributed by atoms with Crippen molar-refractivity contribution < 1.29 is 14.7 Å². The Labute approximate surface area is 79.0 Å². The van der Waals surface area contributed by atoms with Crippen LogP contribution in [0, 0.1) is 0 Å². The standard InChI is InChI=1S/C9H8O3S.Rf/c10-6-1-2-7-5(3-6)4-13-8(7)9(11)12;/h4H,1-3H2,(H,11,12);. The minimum absolute atomic E-state index is 0. The van der Waals surface area contributed by atoms with Crippen LogP contribution in [0.2, 0.25) is 0 Å². The molecule has 1 aromatic heterocycles. The minimum atomic E-state index is -0.874. The summed E-state index contributed by atoms with van der Waals surface area (Å²) in [6.45, 7) is 0. The van der Waals surface area contributed by atoms with E-state index in [-0.39, 0.29) is 5.78 Å². The SMILES string of the molecule is O=C1CCc2c(csc2C(=O)O)C1.[Rf]. The van der Waals surface area contributed by atoms with E-state index in [1.165, 1.54) is 11.3 Å². The summed E-state index contributed by atoms with van der Waals surface area (Å²) in [5, 5.41) is 10.6. The molecule has 0 unspecified atom stereocenters. The Hall–Kier alpha value is -2.16. The normalized spacial score (nSPS) is 14.4. The van der Waals surface area contributed by atoms with E-state index in [4.69, 9.17) is 5.11 Å². The van der Waals surface area contributed by atoms with Crippen molar-refractivity contribution in [2.75, 3.05) is 0 Å². The quantitative estimate of drug-likeness (QED) is 0.688. The van der Waals surface area contributed by atoms with Gasteiger partial charge in [-0.3, -0.25) is 4.79 Å². The molecule has 0 saturated carbocycles. The number of carboxylic acids is 1. The zero-order chi connectivity index (χ0) is 9.42. The molecule has 0 atom stereocenters. The maximum atomic E-state index is 11.1. The van der Waals surface area contributed by atoms with Crippen LogP contribution >= 0.6 is 11.3 Å². The molecule has 1 heterocycles. The van der Waals surface area contributed by atoms with E-state index in [1.807, 2.05) is 0 Å². The summed E-state index contributed by atoms with van der Waals surface area (Å²) in [6, 6.07) is 0. The maximum Gasteiger partial charge on any atom is 0.346 e. The Morgan fingerprint density at radius 1 is 1.43 bits per heavy atom. The molecule has 1 aromatic rings. The molecule has 0 spiro atoms. The van der Waals surface area contributed by atoms with Crippen molar-refractivity contribution in [1.29, 1.82) is 0 Å². The number of carbonyl (C=O) groups excluding carboxylic acids is 1. The van der Waals surface area contributed by atoms with Crippen LogP contribution in [0.1, 0.15) is 27.2 Å². The van der Waals surface area contributed by atoms with Gasteiger partial charge >= 0.3 is 5.97 Å². The van der Waals surface area contributed by atoms with Crippen LogP contribution in [0.4, 0.5) is 0 Å². The number of aromatic carboxylic acids is 1. The molecule has 0 radical (unpaired) electrons. The van der Waals surface area contributed by atoms with Gasteiger partial charge in [-0.1, -0.05) is 0 Å². The van der Waals surface area contributed by atoms with Crippen LogP contribution in [-0.4, -0.2) is 16.9 Å². The number of rotatable bonds is 1. The number of hydrogen-bond donors (Lipinski definition) is 1. The van der Waals surface area contributed by atoms with Crippen molar-refractivity contribution in [3.05, 3.63) is 21.4 Å². The number of hydrogen-bond acceptors (Lipinski definition) is 3. The molecule has 14 heavy (non-hydrogen) atoms. The first-order valence-corrected chi connectivity index (χ1v) is 4.90. The van der Waals surface area contributed by atoms with Gasteiger partial charge in [-0.25, -0.2) is 4.79 Å². The van der Waals surface area contributed by atoms with Gasteiger partial charge in [-0.05, 0) is 22.9 Å². The number of Topliss-reactive ketones (excluding diaryl/α,β-unsaturated/α-hetero) is 1. The number of ketones is 1.